The second-order valence-electron chi connectivity index (χ2n) is 7.32. The quantitative estimate of drug-likeness (QED) is 0.473. The van der Waals surface area contributed by atoms with E-state index in [4.69, 9.17) is 0 Å². The van der Waals surface area contributed by atoms with E-state index in [2.05, 4.69) is 42.8 Å². The van der Waals surface area contributed by atoms with Crippen molar-refractivity contribution < 1.29 is 9.90 Å². The number of hydrogen-bond donors (Lipinski definition) is 4. The zero-order chi connectivity index (χ0) is 20.5. The highest BCUT2D eigenvalue weighted by Gasteiger charge is 2.22. The first-order valence-corrected chi connectivity index (χ1v) is 10.2. The molecule has 0 bridgehead atoms. The Morgan fingerprint density at radius 3 is 2.66 bits per heavy atom. The molecule has 2 aromatic heterocycles. The number of rotatable bonds is 9. The van der Waals surface area contributed by atoms with Crippen LogP contribution in [-0.4, -0.2) is 49.6 Å². The van der Waals surface area contributed by atoms with Crippen LogP contribution in [0.5, 0.6) is 0 Å². The minimum atomic E-state index is -0.257. The molecule has 1 saturated carbocycles. The third-order valence-corrected chi connectivity index (χ3v) is 4.95. The van der Waals surface area contributed by atoms with Gasteiger partial charge in [0.25, 0.3) is 5.91 Å². The van der Waals surface area contributed by atoms with E-state index < -0.39 is 0 Å². The molecule has 1 aliphatic carbocycles. The van der Waals surface area contributed by atoms with Gasteiger partial charge in [-0.05, 0) is 32.1 Å². The van der Waals surface area contributed by atoms with Gasteiger partial charge in [0.2, 0.25) is 5.95 Å². The van der Waals surface area contributed by atoms with Crippen LogP contribution in [0, 0.1) is 0 Å². The lowest BCUT2D eigenvalue weighted by Gasteiger charge is -2.27. The predicted octanol–water partition coefficient (Wildman–Crippen LogP) is 2.12. The Kier molecular flexibility index (Phi) is 7.69. The summed E-state index contributed by atoms with van der Waals surface area (Å²) in [5.74, 6) is 0.763. The number of aliphatic hydroxyl groups is 1. The molecule has 2 aromatic rings. The average Bonchev–Trinajstić information content (AvgIpc) is 2.75. The third kappa shape index (κ3) is 6.35. The van der Waals surface area contributed by atoms with Gasteiger partial charge in [-0.15, -0.1) is 0 Å². The molecule has 4 N–H and O–H groups in total. The van der Waals surface area contributed by atoms with Crippen LogP contribution < -0.4 is 16.0 Å². The van der Waals surface area contributed by atoms with E-state index in [1.807, 2.05) is 0 Å². The Morgan fingerprint density at radius 2 is 1.93 bits per heavy atom. The summed E-state index contributed by atoms with van der Waals surface area (Å²) in [5.41, 5.74) is 1.21. The van der Waals surface area contributed by atoms with Crippen LogP contribution in [0.15, 0.2) is 24.9 Å². The minimum Gasteiger partial charge on any atom is -0.393 e. The van der Waals surface area contributed by atoms with Gasteiger partial charge in [0.05, 0.1) is 6.10 Å². The normalized spacial score (nSPS) is 18.8. The van der Waals surface area contributed by atoms with Gasteiger partial charge in [0.15, 0.2) is 0 Å². The zero-order valence-corrected chi connectivity index (χ0v) is 16.8. The van der Waals surface area contributed by atoms with E-state index in [0.717, 1.165) is 50.6 Å². The molecule has 1 fully saturated rings. The molecule has 3 rings (SSSR count). The molecular weight excluding hydrogens is 370 g/mol. The highest BCUT2D eigenvalue weighted by Crippen LogP contribution is 2.23. The average molecular weight is 399 g/mol. The predicted molar refractivity (Wildman–Crippen MR) is 111 cm³/mol. The maximum Gasteiger partial charge on any atom is 0.256 e. The van der Waals surface area contributed by atoms with Crippen molar-refractivity contribution in [3.63, 3.8) is 0 Å². The van der Waals surface area contributed by atoms with E-state index in [1.54, 1.807) is 18.6 Å². The smallest absolute Gasteiger partial charge is 0.256 e. The lowest BCUT2D eigenvalue weighted by atomic mass is 9.93. The number of aliphatic hydroxyl groups excluding tert-OH is 1. The van der Waals surface area contributed by atoms with Crippen LogP contribution in [0.25, 0.3) is 0 Å². The molecule has 9 nitrogen and oxygen atoms in total. The summed E-state index contributed by atoms with van der Waals surface area (Å²) in [4.78, 5) is 29.5. The van der Waals surface area contributed by atoms with Gasteiger partial charge in [-0.3, -0.25) is 4.79 Å². The molecule has 1 amide bonds. The van der Waals surface area contributed by atoms with Gasteiger partial charge in [-0.1, -0.05) is 13.3 Å². The monoisotopic (exact) mass is 399 g/mol. The SMILES string of the molecule is CCCCNc1ncc(C(=O)NCc2cncnc2)c(NC2CCC(O)CC2)n1. The summed E-state index contributed by atoms with van der Waals surface area (Å²) >= 11 is 0. The number of carbonyl (C=O) groups is 1. The van der Waals surface area contributed by atoms with Crippen molar-refractivity contribution in [1.82, 2.24) is 25.3 Å². The van der Waals surface area contributed by atoms with Gasteiger partial charge >= 0.3 is 0 Å². The van der Waals surface area contributed by atoms with Crippen molar-refractivity contribution >= 4 is 17.7 Å². The molecule has 2 heterocycles. The molecule has 0 atom stereocenters. The first-order valence-electron chi connectivity index (χ1n) is 10.2. The Morgan fingerprint density at radius 1 is 1.17 bits per heavy atom. The molecule has 0 spiro atoms. The first-order chi connectivity index (χ1) is 14.2. The Labute approximate surface area is 170 Å². The van der Waals surface area contributed by atoms with Gasteiger partial charge in [-0.25, -0.2) is 15.0 Å². The minimum absolute atomic E-state index is 0.172. The first kappa shape index (κ1) is 20.9. The summed E-state index contributed by atoms with van der Waals surface area (Å²) < 4.78 is 0. The van der Waals surface area contributed by atoms with E-state index in [1.165, 1.54) is 6.33 Å². The molecular formula is C20H29N7O2. The van der Waals surface area contributed by atoms with Gasteiger partial charge in [0.1, 0.15) is 17.7 Å². The van der Waals surface area contributed by atoms with Crippen LogP contribution in [0.3, 0.4) is 0 Å². The fraction of sp³-hybridized carbons (Fsp3) is 0.550. The lowest BCUT2D eigenvalue weighted by molar-refractivity contribution is 0.0950. The van der Waals surface area contributed by atoms with Crippen molar-refractivity contribution in [2.75, 3.05) is 17.2 Å². The van der Waals surface area contributed by atoms with E-state index in [-0.39, 0.29) is 18.1 Å². The van der Waals surface area contributed by atoms with E-state index >= 15 is 0 Å². The van der Waals surface area contributed by atoms with Gasteiger partial charge in [0, 0.05) is 43.3 Å². The Hall–Kier alpha value is -2.81. The summed E-state index contributed by atoms with van der Waals surface area (Å²) in [6.07, 6.45) is 11.4. The summed E-state index contributed by atoms with van der Waals surface area (Å²) in [5, 5.41) is 19.2. The summed E-state index contributed by atoms with van der Waals surface area (Å²) in [6.45, 7) is 3.23. The summed E-state index contributed by atoms with van der Waals surface area (Å²) in [6, 6.07) is 0.172. The van der Waals surface area contributed by atoms with Crippen molar-refractivity contribution in [3.05, 3.63) is 36.0 Å². The number of nitrogens with one attached hydrogen (secondary N) is 3. The Balaban J connectivity index is 1.71. The Bertz CT molecular complexity index is 780. The van der Waals surface area contributed by atoms with Crippen molar-refractivity contribution in [2.45, 2.75) is 64.1 Å². The molecule has 156 valence electrons. The molecule has 0 radical (unpaired) electrons. The standard InChI is InChI=1S/C20H29N7O2/c1-2-3-8-23-20-25-12-17(19(29)24-11-14-9-21-13-22-10-14)18(27-20)26-15-4-6-16(28)7-5-15/h9-10,12-13,15-16,28H,2-8,11H2,1H3,(H,24,29)(H2,23,25,26,27). The zero-order valence-electron chi connectivity index (χ0n) is 16.8. The van der Waals surface area contributed by atoms with Gasteiger partial charge in [-0.2, -0.15) is 4.98 Å². The topological polar surface area (TPSA) is 125 Å². The van der Waals surface area contributed by atoms with Crippen LogP contribution in [0.1, 0.15) is 61.4 Å². The number of amides is 1. The third-order valence-electron chi connectivity index (χ3n) is 4.95. The van der Waals surface area contributed by atoms with Crippen molar-refractivity contribution in [2.24, 2.45) is 0 Å². The van der Waals surface area contributed by atoms with E-state index in [9.17, 15) is 9.90 Å². The molecule has 0 aliphatic heterocycles. The molecule has 1 aliphatic rings. The number of aromatic nitrogens is 4. The van der Waals surface area contributed by atoms with Crippen molar-refractivity contribution in [3.8, 4) is 0 Å². The van der Waals surface area contributed by atoms with E-state index in [0.29, 0.717) is 23.9 Å². The van der Waals surface area contributed by atoms with Crippen molar-refractivity contribution in [1.29, 1.82) is 0 Å². The number of anilines is 2. The lowest BCUT2D eigenvalue weighted by Crippen LogP contribution is -2.31. The maximum absolute atomic E-state index is 12.8. The van der Waals surface area contributed by atoms with Crippen LogP contribution in [-0.2, 0) is 6.54 Å². The number of nitrogens with zero attached hydrogens (tertiary/aromatic N) is 4. The number of unbranched alkanes of at least 4 members (excludes halogenated alkanes) is 1. The molecule has 0 aromatic carbocycles. The molecule has 9 heteroatoms. The number of carbonyl (C=O) groups excluding carboxylic acids is 1. The maximum atomic E-state index is 12.8. The highest BCUT2D eigenvalue weighted by atomic mass is 16.3. The van der Waals surface area contributed by atoms with Gasteiger partial charge < -0.3 is 21.1 Å². The van der Waals surface area contributed by atoms with Crippen LogP contribution in [0.2, 0.25) is 0 Å². The van der Waals surface area contributed by atoms with Crippen LogP contribution in [0.4, 0.5) is 11.8 Å². The fourth-order valence-electron chi connectivity index (χ4n) is 3.23. The highest BCUT2D eigenvalue weighted by molar-refractivity contribution is 5.98. The summed E-state index contributed by atoms with van der Waals surface area (Å²) in [7, 11) is 0. The molecule has 29 heavy (non-hydrogen) atoms. The van der Waals surface area contributed by atoms with Crippen LogP contribution >= 0.6 is 0 Å². The second kappa shape index (κ2) is 10.7. The largest absolute Gasteiger partial charge is 0.393 e. The number of hydrogen-bond acceptors (Lipinski definition) is 8. The second-order valence-corrected chi connectivity index (χ2v) is 7.32. The fourth-order valence-corrected chi connectivity index (χ4v) is 3.23. The molecule has 0 saturated heterocycles. The molecule has 0 unspecified atom stereocenters.